The smallest absolute Gasteiger partial charge is 0.354 e. The van der Waals surface area contributed by atoms with Gasteiger partial charge < -0.3 is 5.32 Å². The van der Waals surface area contributed by atoms with Gasteiger partial charge in [0.05, 0.1) is 0 Å². The van der Waals surface area contributed by atoms with Crippen LogP contribution in [-0.4, -0.2) is 26.7 Å². The molecule has 1 N–H and O–H groups in total. The Bertz CT molecular complexity index is 559. The highest BCUT2D eigenvalue weighted by Gasteiger charge is 2.33. The van der Waals surface area contributed by atoms with Crippen LogP contribution in [0.2, 0.25) is 0 Å². The van der Waals surface area contributed by atoms with Gasteiger partial charge in [0.1, 0.15) is 10.5 Å². The average Bonchev–Trinajstić information content (AvgIpc) is 2.88. The quantitative estimate of drug-likeness (QED) is 0.852. The van der Waals surface area contributed by atoms with Crippen molar-refractivity contribution < 1.29 is 13.2 Å². The molecular formula is C10H10F3N5S2. The molecule has 0 aliphatic carbocycles. The Morgan fingerprint density at radius 2 is 2.15 bits per heavy atom. The summed E-state index contributed by atoms with van der Waals surface area (Å²) in [5, 5.41) is 10.3. The van der Waals surface area contributed by atoms with Gasteiger partial charge in [-0.2, -0.15) is 13.2 Å². The van der Waals surface area contributed by atoms with Gasteiger partial charge in [-0.25, -0.2) is 9.97 Å². The first-order chi connectivity index (χ1) is 9.49. The van der Waals surface area contributed by atoms with Crippen LogP contribution >= 0.6 is 23.1 Å². The zero-order valence-electron chi connectivity index (χ0n) is 10.3. The average molecular weight is 321 g/mol. The number of hydrogen-bond acceptors (Lipinski definition) is 7. The van der Waals surface area contributed by atoms with Crippen LogP contribution in [0.25, 0.3) is 0 Å². The summed E-state index contributed by atoms with van der Waals surface area (Å²) in [4.78, 5) is 7.52. The van der Waals surface area contributed by atoms with E-state index in [4.69, 9.17) is 0 Å². The van der Waals surface area contributed by atoms with Crippen LogP contribution in [0.3, 0.4) is 0 Å². The molecule has 108 valence electrons. The van der Waals surface area contributed by atoms with Gasteiger partial charge in [-0.1, -0.05) is 18.3 Å². The van der Waals surface area contributed by atoms with E-state index < -0.39 is 11.9 Å². The van der Waals surface area contributed by atoms with E-state index in [9.17, 15) is 13.2 Å². The van der Waals surface area contributed by atoms with Crippen molar-refractivity contribution in [2.24, 2.45) is 0 Å². The first kappa shape index (κ1) is 15.0. The zero-order valence-corrected chi connectivity index (χ0v) is 11.9. The monoisotopic (exact) mass is 321 g/mol. The molecule has 0 unspecified atom stereocenters. The maximum atomic E-state index is 12.8. The highest BCUT2D eigenvalue weighted by molar-refractivity contribution is 8.00. The summed E-state index contributed by atoms with van der Waals surface area (Å²) in [7, 11) is 0. The van der Waals surface area contributed by atoms with Crippen molar-refractivity contribution >= 4 is 29.0 Å². The molecule has 10 heteroatoms. The molecule has 0 bridgehead atoms. The predicted molar refractivity (Wildman–Crippen MR) is 69.8 cm³/mol. The van der Waals surface area contributed by atoms with E-state index in [0.29, 0.717) is 10.9 Å². The molecule has 0 saturated carbocycles. The van der Waals surface area contributed by atoms with Gasteiger partial charge in [0.15, 0.2) is 10.0 Å². The van der Waals surface area contributed by atoms with Crippen molar-refractivity contribution in [3.63, 3.8) is 0 Å². The maximum Gasteiger partial charge on any atom is 0.433 e. The fourth-order valence-corrected chi connectivity index (χ4v) is 2.66. The summed E-state index contributed by atoms with van der Waals surface area (Å²) in [6.45, 7) is 2.40. The Kier molecular flexibility index (Phi) is 4.76. The Balaban J connectivity index is 2.29. The summed E-state index contributed by atoms with van der Waals surface area (Å²) >= 11 is 2.26. The van der Waals surface area contributed by atoms with E-state index >= 15 is 0 Å². The summed E-state index contributed by atoms with van der Waals surface area (Å²) in [6.07, 6.45) is -3.75. The lowest BCUT2D eigenvalue weighted by Crippen LogP contribution is -2.13. The summed E-state index contributed by atoms with van der Waals surface area (Å²) in [5.41, 5.74) is 0.530. The molecule has 0 radical (unpaired) electrons. The van der Waals surface area contributed by atoms with Gasteiger partial charge in [0.2, 0.25) is 5.95 Å². The van der Waals surface area contributed by atoms with Crippen LogP contribution in [0.4, 0.5) is 19.1 Å². The highest BCUT2D eigenvalue weighted by Crippen LogP contribution is 2.33. The second-order valence-corrected chi connectivity index (χ2v) is 5.75. The Labute approximate surface area is 121 Å². The zero-order chi connectivity index (χ0) is 14.6. The maximum absolute atomic E-state index is 12.8. The second kappa shape index (κ2) is 6.35. The largest absolute Gasteiger partial charge is 0.433 e. The molecular weight excluding hydrogens is 311 g/mol. The van der Waals surface area contributed by atoms with Gasteiger partial charge in [-0.15, -0.1) is 10.2 Å². The molecule has 2 aromatic rings. The van der Waals surface area contributed by atoms with Crippen LogP contribution in [0, 0.1) is 0 Å². The minimum Gasteiger partial charge on any atom is -0.354 e. The minimum absolute atomic E-state index is 0.0336. The molecule has 2 heterocycles. The van der Waals surface area contributed by atoms with E-state index in [-0.39, 0.29) is 11.0 Å². The lowest BCUT2D eigenvalue weighted by atomic mass is 10.4. The first-order valence-corrected chi connectivity index (χ1v) is 7.33. The van der Waals surface area contributed by atoms with E-state index in [1.165, 1.54) is 16.8 Å². The van der Waals surface area contributed by atoms with E-state index in [2.05, 4.69) is 25.5 Å². The topological polar surface area (TPSA) is 63.6 Å². The molecule has 0 spiro atoms. The number of alkyl halides is 3. The molecule has 0 atom stereocenters. The van der Waals surface area contributed by atoms with E-state index in [0.717, 1.165) is 24.2 Å². The summed E-state index contributed by atoms with van der Waals surface area (Å²) < 4.78 is 38.9. The minimum atomic E-state index is -4.51. The van der Waals surface area contributed by atoms with Crippen molar-refractivity contribution in [2.45, 2.75) is 28.9 Å². The van der Waals surface area contributed by atoms with Gasteiger partial charge in [0.25, 0.3) is 0 Å². The lowest BCUT2D eigenvalue weighted by Gasteiger charge is -2.10. The van der Waals surface area contributed by atoms with Crippen molar-refractivity contribution in [3.8, 4) is 0 Å². The summed E-state index contributed by atoms with van der Waals surface area (Å²) in [6, 6.07) is 0.906. The third-order valence-electron chi connectivity index (χ3n) is 2.06. The normalized spacial score (nSPS) is 11.6. The highest BCUT2D eigenvalue weighted by atomic mass is 32.2. The number of nitrogens with zero attached hydrogens (tertiary/aromatic N) is 4. The fourth-order valence-electron chi connectivity index (χ4n) is 1.24. The number of halogens is 3. The standard InChI is InChI=1S/C10H10F3N5S2/c1-2-3-14-8-16-6(10(11,12)13)4-7(17-8)20-9-18-15-5-19-9/h4-5H,2-3H2,1H3,(H,14,16,17). The number of rotatable bonds is 5. The number of nitrogens with one attached hydrogen (secondary N) is 1. The van der Waals surface area contributed by atoms with Crippen molar-refractivity contribution in [1.29, 1.82) is 0 Å². The number of aromatic nitrogens is 4. The molecule has 0 aliphatic heterocycles. The van der Waals surface area contributed by atoms with Crippen LogP contribution < -0.4 is 5.32 Å². The molecule has 20 heavy (non-hydrogen) atoms. The van der Waals surface area contributed by atoms with Gasteiger partial charge in [-0.05, 0) is 18.2 Å². The van der Waals surface area contributed by atoms with Gasteiger partial charge in [0, 0.05) is 12.6 Å². The third kappa shape index (κ3) is 4.04. The van der Waals surface area contributed by atoms with Crippen LogP contribution in [0.1, 0.15) is 19.0 Å². The Hall–Kier alpha value is -1.42. The molecule has 0 saturated heterocycles. The van der Waals surface area contributed by atoms with Gasteiger partial charge >= 0.3 is 6.18 Å². The Morgan fingerprint density at radius 1 is 1.35 bits per heavy atom. The molecule has 2 aromatic heterocycles. The molecule has 2 rings (SSSR count). The lowest BCUT2D eigenvalue weighted by molar-refractivity contribution is -0.141. The molecule has 5 nitrogen and oxygen atoms in total. The van der Waals surface area contributed by atoms with Crippen LogP contribution in [0.5, 0.6) is 0 Å². The molecule has 0 fully saturated rings. The van der Waals surface area contributed by atoms with E-state index in [1.807, 2.05) is 6.92 Å². The molecule has 0 aliphatic rings. The van der Waals surface area contributed by atoms with Gasteiger partial charge in [-0.3, -0.25) is 0 Å². The summed E-state index contributed by atoms with van der Waals surface area (Å²) in [5.74, 6) is -0.0336. The fraction of sp³-hybridized carbons (Fsp3) is 0.400. The predicted octanol–water partition coefficient (Wildman–Crippen LogP) is 3.32. The number of anilines is 1. The SMILES string of the molecule is CCCNc1nc(Sc2nncs2)cc(C(F)(F)F)n1. The molecule has 0 aromatic carbocycles. The third-order valence-corrected chi connectivity index (χ3v) is 3.75. The van der Waals surface area contributed by atoms with Crippen molar-refractivity contribution in [3.05, 3.63) is 17.3 Å². The first-order valence-electron chi connectivity index (χ1n) is 5.63. The second-order valence-electron chi connectivity index (χ2n) is 3.65. The molecule has 0 amide bonds. The van der Waals surface area contributed by atoms with Crippen molar-refractivity contribution in [1.82, 2.24) is 20.2 Å². The Morgan fingerprint density at radius 3 is 2.75 bits per heavy atom. The van der Waals surface area contributed by atoms with Crippen LogP contribution in [0.15, 0.2) is 20.9 Å². The van der Waals surface area contributed by atoms with Crippen LogP contribution in [-0.2, 0) is 6.18 Å². The number of hydrogen-bond donors (Lipinski definition) is 1. The van der Waals surface area contributed by atoms with Crippen molar-refractivity contribution in [2.75, 3.05) is 11.9 Å². The van der Waals surface area contributed by atoms with E-state index in [1.54, 1.807) is 0 Å².